The number of hydrogen-bond acceptors (Lipinski definition) is 6. The zero-order valence-electron chi connectivity index (χ0n) is 17.4. The first-order valence-corrected chi connectivity index (χ1v) is 10.9. The van der Waals surface area contributed by atoms with E-state index in [1.165, 1.54) is 0 Å². The van der Waals surface area contributed by atoms with Gasteiger partial charge in [0.05, 0.1) is 35.8 Å². The van der Waals surface area contributed by atoms with Crippen LogP contribution < -0.4 is 5.73 Å². The molecule has 0 unspecified atom stereocenters. The molecule has 2 aromatic heterocycles. The molecule has 4 heterocycles. The molecule has 5 rings (SSSR count). The Morgan fingerprint density at radius 1 is 1.16 bits per heavy atom. The number of anilines is 1. The summed E-state index contributed by atoms with van der Waals surface area (Å²) in [4.78, 5) is 23.2. The molecule has 3 aromatic rings. The first kappa shape index (κ1) is 20.0. The van der Waals surface area contributed by atoms with Crippen molar-refractivity contribution in [1.29, 1.82) is 0 Å². The molecule has 3 N–H and O–H groups in total. The van der Waals surface area contributed by atoms with E-state index >= 15 is 0 Å². The van der Waals surface area contributed by atoms with Crippen molar-refractivity contribution in [3.63, 3.8) is 0 Å². The summed E-state index contributed by atoms with van der Waals surface area (Å²) in [6.07, 6.45) is 3.26. The summed E-state index contributed by atoms with van der Waals surface area (Å²) in [5, 5.41) is 9.40. The molecule has 0 spiro atoms. The Bertz CT molecular complexity index is 1100. The van der Waals surface area contributed by atoms with Crippen LogP contribution in [0.5, 0.6) is 0 Å². The van der Waals surface area contributed by atoms with Gasteiger partial charge < -0.3 is 20.1 Å². The van der Waals surface area contributed by atoms with Gasteiger partial charge >= 0.3 is 5.97 Å². The predicted octanol–water partition coefficient (Wildman–Crippen LogP) is 2.88. The van der Waals surface area contributed by atoms with E-state index in [-0.39, 0.29) is 11.7 Å². The summed E-state index contributed by atoms with van der Waals surface area (Å²) in [6.45, 7) is 4.16. The molecule has 0 aliphatic carbocycles. The van der Waals surface area contributed by atoms with Crippen LogP contribution in [0.25, 0.3) is 11.0 Å². The number of likely N-dealkylation sites (tertiary alicyclic amines) is 1. The van der Waals surface area contributed by atoms with Crippen molar-refractivity contribution in [2.24, 2.45) is 0 Å². The van der Waals surface area contributed by atoms with Crippen LogP contribution in [0.15, 0.2) is 36.4 Å². The maximum atomic E-state index is 11.5. The number of imidazole rings is 1. The highest BCUT2D eigenvalue weighted by molar-refractivity contribution is 5.92. The van der Waals surface area contributed by atoms with Gasteiger partial charge in [-0.1, -0.05) is 6.07 Å². The van der Waals surface area contributed by atoms with Crippen LogP contribution >= 0.6 is 0 Å². The predicted molar refractivity (Wildman–Crippen MR) is 117 cm³/mol. The van der Waals surface area contributed by atoms with E-state index in [1.54, 1.807) is 18.2 Å². The minimum atomic E-state index is -0.923. The molecule has 2 aliphatic rings. The molecule has 2 saturated heterocycles. The van der Waals surface area contributed by atoms with E-state index in [1.807, 2.05) is 12.1 Å². The fourth-order valence-electron chi connectivity index (χ4n) is 4.55. The topological polar surface area (TPSA) is 106 Å². The number of pyridine rings is 1. The molecule has 0 bridgehead atoms. The average Bonchev–Trinajstić information content (AvgIpc) is 3.07. The Kier molecular flexibility index (Phi) is 5.33. The number of piperidine rings is 1. The van der Waals surface area contributed by atoms with Crippen LogP contribution in [0, 0.1) is 0 Å². The SMILES string of the molecule is Nc1cccc(C2CCN(Cc3nc4ccc(C(=O)O)cc4n3C[C@@H]3CCO3)CC2)n1. The van der Waals surface area contributed by atoms with Crippen LogP contribution in [0.1, 0.15) is 47.1 Å². The molecule has 1 atom stereocenters. The lowest BCUT2D eigenvalue weighted by atomic mass is 9.93. The maximum Gasteiger partial charge on any atom is 0.335 e. The summed E-state index contributed by atoms with van der Waals surface area (Å²) in [7, 11) is 0. The molecule has 2 aliphatic heterocycles. The quantitative estimate of drug-likeness (QED) is 0.630. The molecule has 0 saturated carbocycles. The van der Waals surface area contributed by atoms with Gasteiger partial charge in [0.15, 0.2) is 0 Å². The Labute approximate surface area is 180 Å². The molecular weight excluding hydrogens is 394 g/mol. The molecule has 2 fully saturated rings. The molecule has 8 nitrogen and oxygen atoms in total. The number of fused-ring (bicyclic) bond motifs is 1. The molecule has 1 aromatic carbocycles. The smallest absolute Gasteiger partial charge is 0.335 e. The van der Waals surface area contributed by atoms with Crippen LogP contribution in [0.3, 0.4) is 0 Å². The molecule has 162 valence electrons. The minimum Gasteiger partial charge on any atom is -0.478 e. The van der Waals surface area contributed by atoms with Gasteiger partial charge in [-0.3, -0.25) is 4.90 Å². The van der Waals surface area contributed by atoms with Crippen molar-refractivity contribution < 1.29 is 14.6 Å². The van der Waals surface area contributed by atoms with Crippen molar-refractivity contribution in [2.75, 3.05) is 25.4 Å². The van der Waals surface area contributed by atoms with Crippen molar-refractivity contribution in [1.82, 2.24) is 19.4 Å². The Morgan fingerprint density at radius 2 is 1.97 bits per heavy atom. The second-order valence-corrected chi connectivity index (χ2v) is 8.47. The molecular formula is C23H27N5O3. The number of benzene rings is 1. The highest BCUT2D eigenvalue weighted by atomic mass is 16.5. The second-order valence-electron chi connectivity index (χ2n) is 8.47. The fourth-order valence-corrected chi connectivity index (χ4v) is 4.55. The summed E-state index contributed by atoms with van der Waals surface area (Å²) in [6, 6.07) is 11.0. The number of nitrogen functional groups attached to an aromatic ring is 1. The summed E-state index contributed by atoms with van der Waals surface area (Å²) >= 11 is 0. The van der Waals surface area contributed by atoms with Crippen molar-refractivity contribution in [3.8, 4) is 0 Å². The van der Waals surface area contributed by atoms with E-state index in [0.29, 0.717) is 18.3 Å². The normalized spacial score (nSPS) is 20.1. The molecule has 0 radical (unpaired) electrons. The molecule has 8 heteroatoms. The largest absolute Gasteiger partial charge is 0.478 e. The number of ether oxygens (including phenoxy) is 1. The third-order valence-electron chi connectivity index (χ3n) is 6.42. The molecule has 0 amide bonds. The van der Waals surface area contributed by atoms with Crippen molar-refractivity contribution in [2.45, 2.75) is 44.4 Å². The number of carboxylic acids is 1. The van der Waals surface area contributed by atoms with Crippen molar-refractivity contribution in [3.05, 3.63) is 53.5 Å². The van der Waals surface area contributed by atoms with Crippen LogP contribution in [0.2, 0.25) is 0 Å². The van der Waals surface area contributed by atoms with Gasteiger partial charge in [-0.05, 0) is 62.7 Å². The summed E-state index contributed by atoms with van der Waals surface area (Å²) in [5.74, 6) is 1.05. The van der Waals surface area contributed by atoms with Gasteiger partial charge in [0.1, 0.15) is 11.6 Å². The number of rotatable bonds is 6. The Morgan fingerprint density at radius 3 is 2.65 bits per heavy atom. The van der Waals surface area contributed by atoms with E-state index in [4.69, 9.17) is 15.5 Å². The van der Waals surface area contributed by atoms with Gasteiger partial charge in [-0.2, -0.15) is 0 Å². The minimum absolute atomic E-state index is 0.171. The van der Waals surface area contributed by atoms with Gasteiger partial charge in [0.2, 0.25) is 0 Å². The number of carbonyl (C=O) groups is 1. The lowest BCUT2D eigenvalue weighted by molar-refractivity contribution is -0.0592. The third-order valence-corrected chi connectivity index (χ3v) is 6.42. The van der Waals surface area contributed by atoms with Gasteiger partial charge in [-0.25, -0.2) is 14.8 Å². The molecule has 31 heavy (non-hydrogen) atoms. The van der Waals surface area contributed by atoms with E-state index in [2.05, 4.69) is 20.5 Å². The number of nitrogens with zero attached hydrogens (tertiary/aromatic N) is 4. The fraction of sp³-hybridized carbons (Fsp3) is 0.435. The Balaban J connectivity index is 1.35. The average molecular weight is 422 g/mol. The number of aromatic nitrogens is 3. The second kappa shape index (κ2) is 8.28. The summed E-state index contributed by atoms with van der Waals surface area (Å²) < 4.78 is 7.80. The lowest BCUT2D eigenvalue weighted by Gasteiger charge is -2.32. The number of carboxylic acid groups (broad SMARTS) is 1. The lowest BCUT2D eigenvalue weighted by Crippen LogP contribution is -2.35. The highest BCUT2D eigenvalue weighted by Gasteiger charge is 2.26. The Hall–Kier alpha value is -2.97. The highest BCUT2D eigenvalue weighted by Crippen LogP contribution is 2.29. The zero-order chi connectivity index (χ0) is 21.4. The van der Waals surface area contributed by atoms with E-state index in [0.717, 1.165) is 68.1 Å². The standard InChI is InChI=1S/C23H27N5O3/c24-21-3-1-2-18(25-21)15-6-9-27(10-7-15)14-22-26-19-5-4-16(23(29)30)12-20(19)28(22)13-17-8-11-31-17/h1-5,12,15,17H,6-11,13-14H2,(H2,24,25)(H,29,30)/t17-/m0/s1. The number of nitrogens with two attached hydrogens (primary N) is 1. The van der Waals surface area contributed by atoms with E-state index in [9.17, 15) is 9.90 Å². The third kappa shape index (κ3) is 4.13. The summed E-state index contributed by atoms with van der Waals surface area (Å²) in [5.41, 5.74) is 8.91. The van der Waals surface area contributed by atoms with Crippen LogP contribution in [-0.2, 0) is 17.8 Å². The number of hydrogen-bond donors (Lipinski definition) is 2. The zero-order valence-corrected chi connectivity index (χ0v) is 17.4. The monoisotopic (exact) mass is 421 g/mol. The maximum absolute atomic E-state index is 11.5. The van der Waals surface area contributed by atoms with Gasteiger partial charge in [0.25, 0.3) is 0 Å². The van der Waals surface area contributed by atoms with Gasteiger partial charge in [-0.15, -0.1) is 0 Å². The van der Waals surface area contributed by atoms with Crippen LogP contribution in [-0.4, -0.2) is 56.3 Å². The first-order valence-electron chi connectivity index (χ1n) is 10.9. The van der Waals surface area contributed by atoms with Crippen molar-refractivity contribution >= 4 is 22.8 Å². The number of aromatic carboxylic acids is 1. The van der Waals surface area contributed by atoms with E-state index < -0.39 is 5.97 Å². The first-order chi connectivity index (χ1) is 15.1. The van der Waals surface area contributed by atoms with Crippen LogP contribution in [0.4, 0.5) is 5.82 Å². The van der Waals surface area contributed by atoms with Gasteiger partial charge in [0, 0.05) is 18.2 Å².